The maximum absolute atomic E-state index is 4.65. The van der Waals surface area contributed by atoms with Crippen LogP contribution in [0.5, 0.6) is 0 Å². The smallest absolute Gasteiger partial charge is 0.157 e. The first-order valence-corrected chi connectivity index (χ1v) is 7.67. The molecule has 0 spiro atoms. The van der Waals surface area contributed by atoms with E-state index in [9.17, 15) is 0 Å². The number of aliphatic imine (C=N–C) groups is 1. The number of thioether (sulfide) groups is 1. The van der Waals surface area contributed by atoms with Crippen molar-refractivity contribution in [2.45, 2.75) is 51.4 Å². The molecule has 2 heterocycles. The van der Waals surface area contributed by atoms with Crippen LogP contribution in [0.25, 0.3) is 0 Å². The van der Waals surface area contributed by atoms with Gasteiger partial charge < -0.3 is 5.32 Å². The molecule has 5 heteroatoms. The summed E-state index contributed by atoms with van der Waals surface area (Å²) in [7, 11) is 0. The summed E-state index contributed by atoms with van der Waals surface area (Å²) in [6, 6.07) is 0.677. The Hall–Kier alpha value is -0.550. The first kappa shape index (κ1) is 12.9. The third kappa shape index (κ3) is 3.45. The number of hydrogen-bond acceptors (Lipinski definition) is 5. The summed E-state index contributed by atoms with van der Waals surface area (Å²) in [6.07, 6.45) is 3.10. The molecule has 1 aromatic rings. The fourth-order valence-electron chi connectivity index (χ4n) is 1.89. The molecule has 1 aliphatic heterocycles. The molecular weight excluding hydrogens is 250 g/mol. The van der Waals surface area contributed by atoms with Crippen molar-refractivity contribution in [3.63, 3.8) is 0 Å². The highest BCUT2D eigenvalue weighted by Gasteiger charge is 2.20. The Balaban J connectivity index is 2.01. The van der Waals surface area contributed by atoms with Crippen molar-refractivity contribution >= 4 is 28.3 Å². The Morgan fingerprint density at radius 2 is 2.24 bits per heavy atom. The third-order valence-electron chi connectivity index (χ3n) is 2.67. The second-order valence-corrected chi connectivity index (χ2v) is 7.32. The minimum absolute atomic E-state index is 0.248. The van der Waals surface area contributed by atoms with Crippen LogP contribution in [0.1, 0.15) is 43.1 Å². The van der Waals surface area contributed by atoms with E-state index in [0.29, 0.717) is 11.3 Å². The molecule has 17 heavy (non-hydrogen) atoms. The van der Waals surface area contributed by atoms with Gasteiger partial charge in [0.2, 0.25) is 0 Å². The van der Waals surface area contributed by atoms with Crippen molar-refractivity contribution < 1.29 is 0 Å². The average Bonchev–Trinajstić information content (AvgIpc) is 2.63. The lowest BCUT2D eigenvalue weighted by molar-refractivity contribution is 0.642. The number of hydrogen-bond donors (Lipinski definition) is 1. The topological polar surface area (TPSA) is 37.3 Å². The van der Waals surface area contributed by atoms with E-state index in [2.05, 4.69) is 43.0 Å². The standard InChI is InChI=1S/C12H19N3S2/c1-7-5-8(2)17-12(14-7)15-10(4)11-13-6-9(3)16-11/h6-8,10H,5H2,1-4H3,(H,14,15). The minimum Gasteiger partial charge on any atom is -0.356 e. The zero-order valence-electron chi connectivity index (χ0n) is 10.7. The molecule has 0 saturated heterocycles. The Morgan fingerprint density at radius 1 is 1.47 bits per heavy atom. The quantitative estimate of drug-likeness (QED) is 0.894. The monoisotopic (exact) mass is 269 g/mol. The zero-order chi connectivity index (χ0) is 12.4. The van der Waals surface area contributed by atoms with Crippen LogP contribution >= 0.6 is 23.1 Å². The number of aromatic nitrogens is 1. The molecule has 2 rings (SSSR count). The van der Waals surface area contributed by atoms with Gasteiger partial charge in [0.25, 0.3) is 0 Å². The molecule has 1 aromatic heterocycles. The first-order chi connectivity index (χ1) is 8.04. The Kier molecular flexibility index (Phi) is 4.09. The van der Waals surface area contributed by atoms with Crippen LogP contribution < -0.4 is 5.32 Å². The molecule has 0 fully saturated rings. The third-order valence-corrected chi connectivity index (χ3v) is 4.81. The summed E-state index contributed by atoms with van der Waals surface area (Å²) in [5.41, 5.74) is 0. The van der Waals surface area contributed by atoms with Gasteiger partial charge in [-0.3, -0.25) is 4.99 Å². The van der Waals surface area contributed by atoms with E-state index in [1.54, 1.807) is 11.3 Å². The molecule has 0 aromatic carbocycles. The van der Waals surface area contributed by atoms with E-state index in [1.807, 2.05) is 18.0 Å². The summed E-state index contributed by atoms with van der Waals surface area (Å²) in [5, 5.41) is 6.32. The highest BCUT2D eigenvalue weighted by atomic mass is 32.2. The molecule has 3 unspecified atom stereocenters. The van der Waals surface area contributed by atoms with Crippen molar-refractivity contribution in [3.05, 3.63) is 16.1 Å². The summed E-state index contributed by atoms with van der Waals surface area (Å²) in [4.78, 5) is 10.3. The number of thiazole rings is 1. The van der Waals surface area contributed by atoms with E-state index >= 15 is 0 Å². The van der Waals surface area contributed by atoms with Gasteiger partial charge in [0.1, 0.15) is 5.01 Å². The Morgan fingerprint density at radius 3 is 2.82 bits per heavy atom. The summed E-state index contributed by atoms with van der Waals surface area (Å²) in [5.74, 6) is 0. The zero-order valence-corrected chi connectivity index (χ0v) is 12.4. The normalized spacial score (nSPS) is 26.5. The predicted octanol–water partition coefficient (Wildman–Crippen LogP) is 3.37. The molecule has 0 amide bonds. The van der Waals surface area contributed by atoms with Crippen LogP contribution in [-0.2, 0) is 0 Å². The van der Waals surface area contributed by atoms with E-state index < -0.39 is 0 Å². The van der Waals surface area contributed by atoms with Crippen LogP contribution in [0.3, 0.4) is 0 Å². The van der Waals surface area contributed by atoms with Crippen molar-refractivity contribution in [3.8, 4) is 0 Å². The van der Waals surface area contributed by atoms with Gasteiger partial charge in [-0.25, -0.2) is 4.98 Å². The summed E-state index contributed by atoms with van der Waals surface area (Å²) >= 11 is 3.58. The van der Waals surface area contributed by atoms with Crippen LogP contribution in [-0.4, -0.2) is 21.4 Å². The van der Waals surface area contributed by atoms with Gasteiger partial charge in [0.15, 0.2) is 5.17 Å². The molecule has 0 bridgehead atoms. The number of aryl methyl sites for hydroxylation is 1. The SMILES string of the molecule is Cc1cnc(C(C)NC2=NC(C)CC(C)S2)s1. The number of amidine groups is 1. The minimum atomic E-state index is 0.248. The summed E-state index contributed by atoms with van der Waals surface area (Å²) in [6.45, 7) is 8.67. The highest BCUT2D eigenvalue weighted by molar-refractivity contribution is 8.14. The van der Waals surface area contributed by atoms with Gasteiger partial charge in [-0.1, -0.05) is 18.7 Å². The molecule has 94 valence electrons. The number of nitrogens with zero attached hydrogens (tertiary/aromatic N) is 2. The van der Waals surface area contributed by atoms with E-state index in [1.165, 1.54) is 11.3 Å². The molecule has 0 saturated carbocycles. The molecule has 1 N–H and O–H groups in total. The molecule has 1 aliphatic rings. The molecule has 0 radical (unpaired) electrons. The Bertz CT molecular complexity index is 414. The first-order valence-electron chi connectivity index (χ1n) is 5.98. The van der Waals surface area contributed by atoms with Gasteiger partial charge >= 0.3 is 0 Å². The summed E-state index contributed by atoms with van der Waals surface area (Å²) < 4.78 is 0. The predicted molar refractivity (Wildman–Crippen MR) is 77.0 cm³/mol. The van der Waals surface area contributed by atoms with Crippen LogP contribution in [0.4, 0.5) is 0 Å². The molecule has 3 atom stereocenters. The lowest BCUT2D eigenvalue weighted by Gasteiger charge is -2.24. The maximum atomic E-state index is 4.65. The van der Waals surface area contributed by atoms with Gasteiger partial charge in [0.05, 0.1) is 12.1 Å². The van der Waals surface area contributed by atoms with E-state index in [0.717, 1.165) is 10.2 Å². The van der Waals surface area contributed by atoms with Crippen molar-refractivity contribution in [2.75, 3.05) is 0 Å². The van der Waals surface area contributed by atoms with E-state index in [-0.39, 0.29) is 6.04 Å². The van der Waals surface area contributed by atoms with Gasteiger partial charge in [-0.2, -0.15) is 0 Å². The second kappa shape index (κ2) is 5.40. The van der Waals surface area contributed by atoms with Crippen molar-refractivity contribution in [1.29, 1.82) is 0 Å². The lowest BCUT2D eigenvalue weighted by atomic mass is 10.2. The Labute approximate surface area is 111 Å². The largest absolute Gasteiger partial charge is 0.356 e. The average molecular weight is 269 g/mol. The lowest BCUT2D eigenvalue weighted by Crippen LogP contribution is -2.30. The molecular formula is C12H19N3S2. The number of rotatable bonds is 2. The van der Waals surface area contributed by atoms with Crippen LogP contribution in [0.15, 0.2) is 11.2 Å². The van der Waals surface area contributed by atoms with E-state index in [4.69, 9.17) is 0 Å². The fraction of sp³-hybridized carbons (Fsp3) is 0.667. The molecule has 3 nitrogen and oxygen atoms in total. The second-order valence-electron chi connectivity index (χ2n) is 4.62. The van der Waals surface area contributed by atoms with Crippen LogP contribution in [0.2, 0.25) is 0 Å². The van der Waals surface area contributed by atoms with Gasteiger partial charge in [0, 0.05) is 16.3 Å². The van der Waals surface area contributed by atoms with Crippen molar-refractivity contribution in [1.82, 2.24) is 10.3 Å². The molecule has 0 aliphatic carbocycles. The van der Waals surface area contributed by atoms with Gasteiger partial charge in [-0.15, -0.1) is 11.3 Å². The highest BCUT2D eigenvalue weighted by Crippen LogP contribution is 2.26. The fourth-order valence-corrected chi connectivity index (χ4v) is 3.91. The maximum Gasteiger partial charge on any atom is 0.157 e. The van der Waals surface area contributed by atoms with Crippen LogP contribution in [0, 0.1) is 6.92 Å². The van der Waals surface area contributed by atoms with Crippen molar-refractivity contribution in [2.24, 2.45) is 4.99 Å². The van der Waals surface area contributed by atoms with Gasteiger partial charge in [-0.05, 0) is 27.2 Å². The number of nitrogens with one attached hydrogen (secondary N) is 1.